The number of carbonyl (C=O) groups is 2. The smallest absolute Gasteiger partial charge is 0.342 e. The predicted molar refractivity (Wildman–Crippen MR) is 117 cm³/mol. The number of esters is 2. The highest BCUT2D eigenvalue weighted by Gasteiger charge is 2.33. The zero-order valence-electron chi connectivity index (χ0n) is 18.3. The monoisotopic (exact) mass is 410 g/mol. The maximum atomic E-state index is 12.6. The van der Waals surface area contributed by atoms with Crippen LogP contribution >= 0.6 is 0 Å². The summed E-state index contributed by atoms with van der Waals surface area (Å²) in [4.78, 5) is 25.3. The van der Waals surface area contributed by atoms with Gasteiger partial charge in [-0.1, -0.05) is 50.2 Å². The number of fused-ring (bicyclic) bond motifs is 1. The molecular weight excluding hydrogens is 380 g/mol. The number of hydrogen-bond acceptors (Lipinski definition) is 5. The zero-order chi connectivity index (χ0) is 21.9. The van der Waals surface area contributed by atoms with Crippen molar-refractivity contribution >= 4 is 11.9 Å². The van der Waals surface area contributed by atoms with Gasteiger partial charge in [0.15, 0.2) is 0 Å². The lowest BCUT2D eigenvalue weighted by Crippen LogP contribution is -2.08. The number of hydrogen-bond donors (Lipinski definition) is 0. The van der Waals surface area contributed by atoms with Crippen LogP contribution in [0.25, 0.3) is 11.1 Å². The minimum absolute atomic E-state index is 0.177. The van der Waals surface area contributed by atoms with Gasteiger partial charge in [-0.05, 0) is 32.4 Å². The summed E-state index contributed by atoms with van der Waals surface area (Å²) in [5, 5.41) is 0. The Morgan fingerprint density at radius 2 is 1.40 bits per heavy atom. The summed E-state index contributed by atoms with van der Waals surface area (Å²) in [5.41, 5.74) is 2.41. The molecule has 0 aliphatic heterocycles. The first-order chi connectivity index (χ1) is 14.6. The predicted octanol–water partition coefficient (Wildman–Crippen LogP) is 5.48. The molecule has 0 aromatic heterocycles. The van der Waals surface area contributed by atoms with Crippen LogP contribution in [0.3, 0.4) is 0 Å². The van der Waals surface area contributed by atoms with Gasteiger partial charge in [-0.15, -0.1) is 0 Å². The highest BCUT2D eigenvalue weighted by Crippen LogP contribution is 2.42. The van der Waals surface area contributed by atoms with Crippen molar-refractivity contribution in [3.63, 3.8) is 0 Å². The fourth-order valence-corrected chi connectivity index (χ4v) is 3.29. The average molecular weight is 411 g/mol. The molecule has 0 saturated heterocycles. The maximum Gasteiger partial charge on any atom is 0.342 e. The van der Waals surface area contributed by atoms with Gasteiger partial charge in [-0.2, -0.15) is 0 Å². The SMILES string of the molecule is CCCCCCC#Cc1ccc2c(C(=O)OCC)c(OC)c(C(=O)OCC)c-2cc1. The lowest BCUT2D eigenvalue weighted by atomic mass is 10.1. The molecule has 0 atom stereocenters. The molecule has 0 amide bonds. The van der Waals surface area contributed by atoms with E-state index in [2.05, 4.69) is 18.8 Å². The van der Waals surface area contributed by atoms with Gasteiger partial charge in [0.1, 0.15) is 16.9 Å². The van der Waals surface area contributed by atoms with Crippen LogP contribution in [0.4, 0.5) is 0 Å². The van der Waals surface area contributed by atoms with Crippen LogP contribution in [0.2, 0.25) is 0 Å². The molecule has 2 aliphatic carbocycles. The third kappa shape index (κ3) is 5.54. The van der Waals surface area contributed by atoms with Gasteiger partial charge in [0, 0.05) is 23.1 Å². The minimum Gasteiger partial charge on any atom is -0.495 e. The molecule has 0 aromatic carbocycles. The number of ether oxygens (including phenoxy) is 3. The van der Waals surface area contributed by atoms with E-state index in [1.807, 2.05) is 12.1 Å². The molecule has 2 rings (SSSR count). The van der Waals surface area contributed by atoms with Crippen molar-refractivity contribution in [2.24, 2.45) is 0 Å². The fourth-order valence-electron chi connectivity index (χ4n) is 3.29. The summed E-state index contributed by atoms with van der Waals surface area (Å²) >= 11 is 0. The second kappa shape index (κ2) is 11.9. The molecule has 0 aromatic rings. The average Bonchev–Trinajstić information content (AvgIpc) is 2.91. The van der Waals surface area contributed by atoms with Crippen molar-refractivity contribution in [3.8, 4) is 28.7 Å². The maximum absolute atomic E-state index is 12.6. The number of rotatable bonds is 9. The Hall–Kier alpha value is -3.00. The van der Waals surface area contributed by atoms with Crippen molar-refractivity contribution in [3.05, 3.63) is 41.0 Å². The summed E-state index contributed by atoms with van der Waals surface area (Å²) in [6.45, 7) is 6.09. The molecule has 0 unspecified atom stereocenters. The standard InChI is InChI=1S/C25H30O5/c1-5-8-9-10-11-12-13-18-14-16-19-20(17-15-18)22(25(27)30-7-3)23(28-4)21(19)24(26)29-6-2/h14-17H,5-11H2,1-4H3. The van der Waals surface area contributed by atoms with E-state index in [9.17, 15) is 9.59 Å². The van der Waals surface area contributed by atoms with Gasteiger partial charge < -0.3 is 14.2 Å². The first kappa shape index (κ1) is 23.3. The number of unbranched alkanes of at least 4 members (excludes halogenated alkanes) is 4. The Bertz CT molecular complexity index is 848. The van der Waals surface area contributed by atoms with Gasteiger partial charge in [-0.25, -0.2) is 9.59 Å². The largest absolute Gasteiger partial charge is 0.495 e. The first-order valence-electron chi connectivity index (χ1n) is 10.6. The zero-order valence-corrected chi connectivity index (χ0v) is 18.3. The molecular formula is C25H30O5. The molecule has 0 radical (unpaired) electrons. The van der Waals surface area contributed by atoms with Crippen molar-refractivity contribution in [2.75, 3.05) is 20.3 Å². The Morgan fingerprint density at radius 1 is 0.833 bits per heavy atom. The molecule has 0 N–H and O–H groups in total. The van der Waals surface area contributed by atoms with E-state index in [1.54, 1.807) is 26.0 Å². The third-order valence-electron chi connectivity index (χ3n) is 4.69. The van der Waals surface area contributed by atoms with E-state index in [1.165, 1.54) is 26.4 Å². The van der Waals surface area contributed by atoms with E-state index in [0.29, 0.717) is 11.1 Å². The van der Waals surface area contributed by atoms with Crippen molar-refractivity contribution < 1.29 is 23.8 Å². The van der Waals surface area contributed by atoms with E-state index in [0.717, 1.165) is 18.4 Å². The second-order valence-corrected chi connectivity index (χ2v) is 6.79. The van der Waals surface area contributed by atoms with Crippen molar-refractivity contribution in [2.45, 2.75) is 52.9 Å². The van der Waals surface area contributed by atoms with E-state index in [-0.39, 0.29) is 30.1 Å². The van der Waals surface area contributed by atoms with Crippen molar-refractivity contribution in [1.29, 1.82) is 0 Å². The number of carbonyl (C=O) groups excluding carboxylic acids is 2. The van der Waals surface area contributed by atoms with Crippen LogP contribution in [0, 0.1) is 11.8 Å². The Labute approximate surface area is 179 Å². The Kier molecular flexibility index (Phi) is 9.21. The summed E-state index contributed by atoms with van der Waals surface area (Å²) < 4.78 is 15.8. The van der Waals surface area contributed by atoms with Crippen LogP contribution < -0.4 is 4.74 Å². The molecule has 0 bridgehead atoms. The molecule has 30 heavy (non-hydrogen) atoms. The second-order valence-electron chi connectivity index (χ2n) is 6.79. The molecule has 2 aliphatic rings. The van der Waals surface area contributed by atoms with Gasteiger partial charge in [0.25, 0.3) is 0 Å². The molecule has 0 heterocycles. The Balaban J connectivity index is 2.50. The van der Waals surface area contributed by atoms with Crippen LogP contribution in [0.15, 0.2) is 24.3 Å². The van der Waals surface area contributed by atoms with Gasteiger partial charge in [-0.3, -0.25) is 0 Å². The van der Waals surface area contributed by atoms with Crippen LogP contribution in [0.5, 0.6) is 5.75 Å². The summed E-state index contributed by atoms with van der Waals surface area (Å²) in [6.07, 6.45) is 5.55. The Morgan fingerprint density at radius 3 is 1.87 bits per heavy atom. The molecule has 0 spiro atoms. The summed E-state index contributed by atoms with van der Waals surface area (Å²) in [6, 6.07) is 7.26. The number of methoxy groups -OCH3 is 1. The van der Waals surface area contributed by atoms with E-state index in [4.69, 9.17) is 14.2 Å². The van der Waals surface area contributed by atoms with Gasteiger partial charge in [0.05, 0.1) is 20.3 Å². The molecule has 5 heteroatoms. The van der Waals surface area contributed by atoms with Gasteiger partial charge in [0.2, 0.25) is 0 Å². The molecule has 0 fully saturated rings. The molecule has 5 nitrogen and oxygen atoms in total. The minimum atomic E-state index is -0.537. The molecule has 0 saturated carbocycles. The van der Waals surface area contributed by atoms with Crippen LogP contribution in [-0.2, 0) is 9.47 Å². The lowest BCUT2D eigenvalue weighted by Gasteiger charge is -2.06. The molecule has 160 valence electrons. The normalized spacial score (nSPS) is 10.3. The van der Waals surface area contributed by atoms with Crippen molar-refractivity contribution in [1.82, 2.24) is 0 Å². The van der Waals surface area contributed by atoms with Gasteiger partial charge >= 0.3 is 11.9 Å². The quantitative estimate of drug-likeness (QED) is 0.311. The van der Waals surface area contributed by atoms with E-state index >= 15 is 0 Å². The van der Waals surface area contributed by atoms with Crippen LogP contribution in [-0.4, -0.2) is 32.3 Å². The topological polar surface area (TPSA) is 61.8 Å². The lowest BCUT2D eigenvalue weighted by molar-refractivity contribution is 0.0523. The van der Waals surface area contributed by atoms with E-state index < -0.39 is 11.9 Å². The fraction of sp³-hybridized carbons (Fsp3) is 0.440. The highest BCUT2D eigenvalue weighted by molar-refractivity contribution is 6.12. The highest BCUT2D eigenvalue weighted by atomic mass is 16.5. The summed E-state index contributed by atoms with van der Waals surface area (Å²) in [7, 11) is 1.43. The third-order valence-corrected chi connectivity index (χ3v) is 4.69. The summed E-state index contributed by atoms with van der Waals surface area (Å²) in [5.74, 6) is 5.47. The first-order valence-corrected chi connectivity index (χ1v) is 10.6. The van der Waals surface area contributed by atoms with Crippen LogP contribution in [0.1, 0.15) is 79.2 Å².